The lowest BCUT2D eigenvalue weighted by Gasteiger charge is -2.13. The first kappa shape index (κ1) is 15.4. The molecule has 9 heteroatoms. The second-order valence-corrected chi connectivity index (χ2v) is 4.84. The molecule has 106 valence electrons. The highest BCUT2D eigenvalue weighted by atomic mass is 32.2. The zero-order chi connectivity index (χ0) is 14.4. The van der Waals surface area contributed by atoms with Crippen LogP contribution in [0.3, 0.4) is 0 Å². The molecule has 0 aromatic carbocycles. The van der Waals surface area contributed by atoms with Crippen LogP contribution < -0.4 is 16.4 Å². The van der Waals surface area contributed by atoms with Crippen molar-refractivity contribution in [3.63, 3.8) is 0 Å². The zero-order valence-electron chi connectivity index (χ0n) is 10.7. The number of nitrogens with zero attached hydrogens (tertiary/aromatic N) is 2. The van der Waals surface area contributed by atoms with E-state index in [9.17, 15) is 14.4 Å². The minimum Gasteiger partial charge on any atom is -0.480 e. The largest absolute Gasteiger partial charge is 0.480 e. The molecule has 1 heterocycles. The molecule has 3 N–H and O–H groups in total. The standard InChI is InChI=1S/C10H16N4O4S/c1-3-4-11-6(9(17)18)5-19-10-12-7(15)8(16)13-14(10)2/h6,11H,3-5H2,1-2H3,(H,13,16)(H,17,18). The molecule has 0 bridgehead atoms. The topological polar surface area (TPSA) is 117 Å². The summed E-state index contributed by atoms with van der Waals surface area (Å²) < 4.78 is 1.30. The van der Waals surface area contributed by atoms with Crippen molar-refractivity contribution in [1.29, 1.82) is 0 Å². The summed E-state index contributed by atoms with van der Waals surface area (Å²) >= 11 is 1.10. The molecular formula is C10H16N4O4S. The van der Waals surface area contributed by atoms with Crippen LogP contribution in [0.2, 0.25) is 0 Å². The lowest BCUT2D eigenvalue weighted by molar-refractivity contribution is -0.138. The summed E-state index contributed by atoms with van der Waals surface area (Å²) in [5, 5.41) is 14.5. The number of aromatic amines is 1. The SMILES string of the molecule is CCCNC(CSc1nc(=O)c(=O)[nH]n1C)C(=O)O. The average molecular weight is 288 g/mol. The second kappa shape index (κ2) is 7.10. The molecule has 0 aliphatic rings. The van der Waals surface area contributed by atoms with E-state index in [1.165, 1.54) is 11.7 Å². The third kappa shape index (κ3) is 4.52. The van der Waals surface area contributed by atoms with Crippen molar-refractivity contribution in [3.8, 4) is 0 Å². The Kier molecular flexibility index (Phi) is 5.77. The van der Waals surface area contributed by atoms with E-state index in [1.54, 1.807) is 0 Å². The van der Waals surface area contributed by atoms with Crippen LogP contribution in [0.1, 0.15) is 13.3 Å². The number of carboxylic acids is 1. The number of thioether (sulfide) groups is 1. The van der Waals surface area contributed by atoms with Crippen LogP contribution >= 0.6 is 11.8 Å². The van der Waals surface area contributed by atoms with E-state index in [-0.39, 0.29) is 10.9 Å². The number of aromatic nitrogens is 3. The predicted molar refractivity (Wildman–Crippen MR) is 70.5 cm³/mol. The van der Waals surface area contributed by atoms with E-state index in [0.29, 0.717) is 6.54 Å². The average Bonchev–Trinajstić information content (AvgIpc) is 2.34. The predicted octanol–water partition coefficient (Wildman–Crippen LogP) is -0.986. The van der Waals surface area contributed by atoms with Gasteiger partial charge in [0, 0.05) is 12.8 Å². The lowest BCUT2D eigenvalue weighted by Crippen LogP contribution is -2.39. The Balaban J connectivity index is 2.74. The van der Waals surface area contributed by atoms with Gasteiger partial charge in [-0.3, -0.25) is 24.2 Å². The first-order chi connectivity index (χ1) is 8.95. The molecule has 0 fully saturated rings. The van der Waals surface area contributed by atoms with E-state index >= 15 is 0 Å². The first-order valence-electron chi connectivity index (χ1n) is 5.72. The van der Waals surface area contributed by atoms with Crippen LogP contribution in [0.25, 0.3) is 0 Å². The van der Waals surface area contributed by atoms with Gasteiger partial charge in [0.1, 0.15) is 6.04 Å². The Bertz CT molecular complexity index is 553. The fourth-order valence-corrected chi connectivity index (χ4v) is 2.25. The first-order valence-corrected chi connectivity index (χ1v) is 6.70. The third-order valence-electron chi connectivity index (χ3n) is 2.27. The monoisotopic (exact) mass is 288 g/mol. The molecule has 1 atom stereocenters. The fourth-order valence-electron chi connectivity index (χ4n) is 1.28. The third-order valence-corrected chi connectivity index (χ3v) is 3.39. The quantitative estimate of drug-likeness (QED) is 0.436. The molecule has 1 unspecified atom stereocenters. The van der Waals surface area contributed by atoms with Gasteiger partial charge in [-0.2, -0.15) is 4.98 Å². The van der Waals surface area contributed by atoms with Crippen molar-refractivity contribution in [2.75, 3.05) is 12.3 Å². The molecule has 0 radical (unpaired) electrons. The number of aryl methyl sites for hydroxylation is 1. The smallest absolute Gasteiger partial charge is 0.339 e. The number of rotatable bonds is 7. The molecule has 0 saturated heterocycles. The summed E-state index contributed by atoms with van der Waals surface area (Å²) in [4.78, 5) is 36.7. The Labute approximate surface area is 113 Å². The highest BCUT2D eigenvalue weighted by Crippen LogP contribution is 2.12. The summed E-state index contributed by atoms with van der Waals surface area (Å²) in [7, 11) is 1.53. The molecule has 0 aliphatic heterocycles. The van der Waals surface area contributed by atoms with Gasteiger partial charge in [0.25, 0.3) is 0 Å². The van der Waals surface area contributed by atoms with Crippen LogP contribution in [0.15, 0.2) is 14.7 Å². The van der Waals surface area contributed by atoms with Crippen molar-refractivity contribution < 1.29 is 9.90 Å². The minimum atomic E-state index is -0.963. The number of carbonyl (C=O) groups is 1. The molecular weight excluding hydrogens is 272 g/mol. The van der Waals surface area contributed by atoms with Crippen molar-refractivity contribution in [3.05, 3.63) is 20.7 Å². The van der Waals surface area contributed by atoms with Gasteiger partial charge in [0.15, 0.2) is 5.16 Å². The van der Waals surface area contributed by atoms with Crippen molar-refractivity contribution in [2.24, 2.45) is 7.05 Å². The Morgan fingerprint density at radius 1 is 1.58 bits per heavy atom. The van der Waals surface area contributed by atoms with E-state index in [4.69, 9.17) is 5.11 Å². The van der Waals surface area contributed by atoms with E-state index in [1.807, 2.05) is 6.92 Å². The molecule has 0 saturated carbocycles. The lowest BCUT2D eigenvalue weighted by atomic mass is 10.3. The summed E-state index contributed by atoms with van der Waals surface area (Å²) in [5.41, 5.74) is -1.68. The summed E-state index contributed by atoms with van der Waals surface area (Å²) in [5.74, 6) is -0.753. The van der Waals surface area contributed by atoms with Crippen LogP contribution in [0, 0.1) is 0 Å². The van der Waals surface area contributed by atoms with Gasteiger partial charge in [0.05, 0.1) is 0 Å². The second-order valence-electron chi connectivity index (χ2n) is 3.86. The van der Waals surface area contributed by atoms with Crippen molar-refractivity contribution in [2.45, 2.75) is 24.5 Å². The van der Waals surface area contributed by atoms with Crippen LogP contribution in [0.5, 0.6) is 0 Å². The van der Waals surface area contributed by atoms with E-state index in [2.05, 4.69) is 15.4 Å². The summed E-state index contributed by atoms with van der Waals surface area (Å²) in [6.45, 7) is 2.53. The van der Waals surface area contributed by atoms with Crippen LogP contribution in [0.4, 0.5) is 0 Å². The molecule has 0 spiro atoms. The van der Waals surface area contributed by atoms with Gasteiger partial charge in [-0.05, 0) is 13.0 Å². The van der Waals surface area contributed by atoms with Gasteiger partial charge in [0.2, 0.25) is 0 Å². The molecule has 0 aliphatic carbocycles. The molecule has 8 nitrogen and oxygen atoms in total. The molecule has 1 aromatic heterocycles. The zero-order valence-corrected chi connectivity index (χ0v) is 11.5. The Hall–Kier alpha value is -1.61. The van der Waals surface area contributed by atoms with Gasteiger partial charge in [-0.1, -0.05) is 18.7 Å². The summed E-state index contributed by atoms with van der Waals surface area (Å²) in [6.07, 6.45) is 0.823. The maximum atomic E-state index is 11.1. The molecule has 1 aromatic rings. The molecule has 0 amide bonds. The van der Waals surface area contributed by atoms with Crippen LogP contribution in [-0.4, -0.2) is 44.2 Å². The van der Waals surface area contributed by atoms with Gasteiger partial charge >= 0.3 is 17.1 Å². The Morgan fingerprint density at radius 2 is 2.26 bits per heavy atom. The van der Waals surface area contributed by atoms with Gasteiger partial charge < -0.3 is 10.4 Å². The number of carboxylic acid groups (broad SMARTS) is 1. The highest BCUT2D eigenvalue weighted by molar-refractivity contribution is 7.99. The fraction of sp³-hybridized carbons (Fsp3) is 0.600. The van der Waals surface area contributed by atoms with Gasteiger partial charge in [-0.25, -0.2) is 0 Å². The Morgan fingerprint density at radius 3 is 2.84 bits per heavy atom. The number of nitrogens with one attached hydrogen (secondary N) is 2. The van der Waals surface area contributed by atoms with Crippen molar-refractivity contribution >= 4 is 17.7 Å². The number of H-pyrrole nitrogens is 1. The number of hydrogen-bond donors (Lipinski definition) is 3. The minimum absolute atomic E-state index is 0.210. The van der Waals surface area contributed by atoms with Gasteiger partial charge in [-0.15, -0.1) is 0 Å². The maximum Gasteiger partial charge on any atom is 0.339 e. The van der Waals surface area contributed by atoms with Crippen LogP contribution in [-0.2, 0) is 11.8 Å². The number of hydrogen-bond acceptors (Lipinski definition) is 6. The normalized spacial score (nSPS) is 12.3. The highest BCUT2D eigenvalue weighted by Gasteiger charge is 2.17. The molecule has 1 rings (SSSR count). The van der Waals surface area contributed by atoms with E-state index in [0.717, 1.165) is 18.2 Å². The van der Waals surface area contributed by atoms with Crippen molar-refractivity contribution in [1.82, 2.24) is 20.1 Å². The maximum absolute atomic E-state index is 11.1. The molecule has 19 heavy (non-hydrogen) atoms. The van der Waals surface area contributed by atoms with E-state index < -0.39 is 23.1 Å². The summed E-state index contributed by atoms with van der Waals surface area (Å²) in [6, 6.07) is -0.728. The number of aliphatic carboxylic acids is 1.